The van der Waals surface area contributed by atoms with E-state index in [0.29, 0.717) is 17.0 Å². The molecule has 0 spiro atoms. The van der Waals surface area contributed by atoms with Gasteiger partial charge in [-0.15, -0.1) is 0 Å². The van der Waals surface area contributed by atoms with Gasteiger partial charge in [0.1, 0.15) is 17.1 Å². The number of aryl methyl sites for hydroxylation is 2. The lowest BCUT2D eigenvalue weighted by molar-refractivity contribution is 0.408. The summed E-state index contributed by atoms with van der Waals surface area (Å²) < 4.78 is 11.5. The Morgan fingerprint density at radius 2 is 1.69 bits per heavy atom. The molecule has 0 bridgehead atoms. The van der Waals surface area contributed by atoms with E-state index in [1.54, 1.807) is 19.2 Å². The molecule has 2 N–H and O–H groups in total. The molecule has 4 nitrogen and oxygen atoms in total. The van der Waals surface area contributed by atoms with Gasteiger partial charge in [-0.05, 0) is 66.9 Å². The molecule has 2 aromatic carbocycles. The molecule has 0 radical (unpaired) electrons. The largest absolute Gasteiger partial charge is 0.496 e. The van der Waals surface area contributed by atoms with Gasteiger partial charge in [0.25, 0.3) is 0 Å². The highest BCUT2D eigenvalue weighted by Gasteiger charge is 2.18. The third-order valence-corrected chi connectivity index (χ3v) is 4.67. The first-order chi connectivity index (χ1) is 12.5. The van der Waals surface area contributed by atoms with Crippen molar-refractivity contribution in [2.75, 3.05) is 12.8 Å². The lowest BCUT2D eigenvalue weighted by atomic mass is 9.91. The van der Waals surface area contributed by atoms with Crippen LogP contribution in [0, 0.1) is 13.8 Å². The van der Waals surface area contributed by atoms with Crippen LogP contribution in [-0.4, -0.2) is 7.11 Å². The van der Waals surface area contributed by atoms with E-state index < -0.39 is 0 Å². The minimum atomic E-state index is -0.0856. The predicted molar refractivity (Wildman–Crippen MR) is 105 cm³/mol. The van der Waals surface area contributed by atoms with Crippen LogP contribution in [0.25, 0.3) is 33.4 Å². The molecule has 0 unspecified atom stereocenters. The zero-order valence-corrected chi connectivity index (χ0v) is 14.9. The quantitative estimate of drug-likeness (QED) is 0.420. The van der Waals surface area contributed by atoms with Crippen LogP contribution in [0.4, 0.5) is 5.69 Å². The van der Waals surface area contributed by atoms with E-state index in [2.05, 4.69) is 12.1 Å². The third kappa shape index (κ3) is 2.51. The van der Waals surface area contributed by atoms with Crippen LogP contribution >= 0.6 is 0 Å². The number of anilines is 1. The second-order valence-corrected chi connectivity index (χ2v) is 6.53. The fourth-order valence-corrected chi connectivity index (χ4v) is 3.61. The Kier molecular flexibility index (Phi) is 3.69. The van der Waals surface area contributed by atoms with Crippen LogP contribution in [0.15, 0.2) is 57.7 Å². The molecule has 130 valence electrons. The van der Waals surface area contributed by atoms with Gasteiger partial charge >= 0.3 is 0 Å². The molecule has 2 aromatic rings. The predicted octanol–water partition coefficient (Wildman–Crippen LogP) is 4.77. The van der Waals surface area contributed by atoms with Crippen molar-refractivity contribution in [1.29, 1.82) is 0 Å². The molecule has 1 heterocycles. The van der Waals surface area contributed by atoms with E-state index in [-0.39, 0.29) is 5.43 Å². The molecule has 0 aromatic heterocycles. The number of benzene rings is 3. The number of fused-ring (bicyclic) bond motifs is 2. The van der Waals surface area contributed by atoms with E-state index in [9.17, 15) is 4.79 Å². The molecule has 4 heteroatoms. The standard InChI is InChI=1S/C22H19NO3/c1-12-8-14(9-13(2)22(12)25-3)21-17-6-4-15(23)10-19(17)26-20-11-16(24)5-7-18(20)21/h4-11H,23H2,1-3H3. The van der Waals surface area contributed by atoms with Gasteiger partial charge in [0.2, 0.25) is 0 Å². The van der Waals surface area contributed by atoms with E-state index in [0.717, 1.165) is 39.0 Å². The average Bonchev–Trinajstić information content (AvgIpc) is 2.59. The number of nitrogen functional groups attached to an aromatic ring is 1. The van der Waals surface area contributed by atoms with Gasteiger partial charge in [0, 0.05) is 34.3 Å². The zero-order valence-electron chi connectivity index (χ0n) is 14.9. The number of hydrogen-bond acceptors (Lipinski definition) is 4. The molecule has 26 heavy (non-hydrogen) atoms. The first-order valence-electron chi connectivity index (χ1n) is 8.39. The van der Waals surface area contributed by atoms with Gasteiger partial charge in [-0.1, -0.05) is 0 Å². The topological polar surface area (TPSA) is 65.5 Å². The number of methoxy groups -OCH3 is 1. The molecule has 0 fully saturated rings. The Labute approximate surface area is 151 Å². The number of ether oxygens (including phenoxy) is 1. The van der Waals surface area contributed by atoms with E-state index in [4.69, 9.17) is 14.9 Å². The smallest absolute Gasteiger partial charge is 0.182 e. The molecule has 0 atom stereocenters. The van der Waals surface area contributed by atoms with Gasteiger partial charge in [-0.3, -0.25) is 4.79 Å². The van der Waals surface area contributed by atoms with Crippen molar-refractivity contribution in [3.63, 3.8) is 0 Å². The van der Waals surface area contributed by atoms with Gasteiger partial charge in [-0.25, -0.2) is 0 Å². The highest BCUT2D eigenvalue weighted by atomic mass is 16.5. The Hall–Kier alpha value is -3.27. The summed E-state index contributed by atoms with van der Waals surface area (Å²) in [5.74, 6) is 1.44. The molecule has 0 saturated heterocycles. The molecule has 0 saturated carbocycles. The maximum atomic E-state index is 11.8. The summed E-state index contributed by atoms with van der Waals surface area (Å²) in [7, 11) is 1.68. The monoisotopic (exact) mass is 345 g/mol. The fourth-order valence-electron chi connectivity index (χ4n) is 3.61. The zero-order chi connectivity index (χ0) is 18.4. The maximum Gasteiger partial charge on any atom is 0.182 e. The molecule has 2 aliphatic rings. The summed E-state index contributed by atoms with van der Waals surface area (Å²) in [6.07, 6.45) is 0. The molecule has 1 aliphatic carbocycles. The van der Waals surface area contributed by atoms with E-state index >= 15 is 0 Å². The van der Waals surface area contributed by atoms with Gasteiger partial charge in [0.15, 0.2) is 5.43 Å². The van der Waals surface area contributed by atoms with Crippen molar-refractivity contribution in [3.8, 4) is 28.2 Å². The Balaban J connectivity index is 2.15. The van der Waals surface area contributed by atoms with Crippen molar-refractivity contribution in [2.45, 2.75) is 13.8 Å². The van der Waals surface area contributed by atoms with Crippen LogP contribution in [0.5, 0.6) is 5.75 Å². The Morgan fingerprint density at radius 3 is 2.38 bits per heavy atom. The average molecular weight is 345 g/mol. The minimum Gasteiger partial charge on any atom is -0.496 e. The van der Waals surface area contributed by atoms with Gasteiger partial charge in [-0.2, -0.15) is 0 Å². The molecule has 0 amide bonds. The van der Waals surface area contributed by atoms with Crippen LogP contribution in [0.3, 0.4) is 0 Å². The number of rotatable bonds is 2. The number of nitrogens with two attached hydrogens (primary N) is 1. The van der Waals surface area contributed by atoms with Crippen LogP contribution in [0.1, 0.15) is 11.1 Å². The second kappa shape index (κ2) is 5.92. The fraction of sp³-hybridized carbons (Fsp3) is 0.136. The van der Waals surface area contributed by atoms with Crippen molar-refractivity contribution in [3.05, 3.63) is 69.9 Å². The summed E-state index contributed by atoms with van der Waals surface area (Å²) >= 11 is 0. The normalized spacial score (nSPS) is 11.2. The minimum absolute atomic E-state index is 0.0856. The van der Waals surface area contributed by atoms with Crippen molar-refractivity contribution >= 4 is 16.7 Å². The summed E-state index contributed by atoms with van der Waals surface area (Å²) in [5.41, 5.74) is 12.2. The Morgan fingerprint density at radius 1 is 0.962 bits per heavy atom. The Bertz CT molecular complexity index is 1150. The SMILES string of the molecule is COc1c(C)cc(-c2c3ccc(=O)cc-3oc3cc(N)ccc23)cc1C. The van der Waals surface area contributed by atoms with Crippen molar-refractivity contribution < 1.29 is 9.15 Å². The summed E-state index contributed by atoms with van der Waals surface area (Å²) in [6.45, 7) is 4.06. The van der Waals surface area contributed by atoms with E-state index in [1.165, 1.54) is 6.07 Å². The summed E-state index contributed by atoms with van der Waals surface area (Å²) in [5, 5.41) is 0.953. The van der Waals surface area contributed by atoms with Crippen molar-refractivity contribution in [1.82, 2.24) is 0 Å². The lowest BCUT2D eigenvalue weighted by Crippen LogP contribution is -2.00. The lowest BCUT2D eigenvalue weighted by Gasteiger charge is -2.17. The van der Waals surface area contributed by atoms with Crippen LogP contribution in [0.2, 0.25) is 0 Å². The number of hydrogen-bond donors (Lipinski definition) is 1. The first-order valence-corrected chi connectivity index (χ1v) is 8.39. The van der Waals surface area contributed by atoms with Gasteiger partial charge in [0.05, 0.1) is 7.11 Å². The highest BCUT2D eigenvalue weighted by Crippen LogP contribution is 2.42. The first kappa shape index (κ1) is 16.2. The highest BCUT2D eigenvalue weighted by molar-refractivity contribution is 6.02. The molecule has 4 rings (SSSR count). The molecular weight excluding hydrogens is 326 g/mol. The van der Waals surface area contributed by atoms with E-state index in [1.807, 2.05) is 32.0 Å². The second-order valence-electron chi connectivity index (χ2n) is 6.53. The molecule has 1 aliphatic heterocycles. The van der Waals surface area contributed by atoms with Crippen LogP contribution in [-0.2, 0) is 0 Å². The molecular formula is C22H19NO3. The third-order valence-electron chi connectivity index (χ3n) is 4.67. The van der Waals surface area contributed by atoms with Gasteiger partial charge < -0.3 is 14.9 Å². The maximum absolute atomic E-state index is 11.8. The summed E-state index contributed by atoms with van der Waals surface area (Å²) in [4.78, 5) is 11.8. The van der Waals surface area contributed by atoms with Crippen LogP contribution < -0.4 is 15.9 Å². The van der Waals surface area contributed by atoms with Crippen molar-refractivity contribution in [2.24, 2.45) is 0 Å². The summed E-state index contributed by atoms with van der Waals surface area (Å²) in [6, 6.07) is 14.7.